The maximum absolute atomic E-state index is 12.7. The second-order valence-corrected chi connectivity index (χ2v) is 6.39. The molecule has 0 bridgehead atoms. The maximum atomic E-state index is 12.7. The van der Waals surface area contributed by atoms with E-state index in [1.807, 2.05) is 11.0 Å². The Morgan fingerprint density at radius 3 is 2.63 bits per heavy atom. The Hall–Kier alpha value is -0.870. The van der Waals surface area contributed by atoms with E-state index < -0.39 is 0 Å². The van der Waals surface area contributed by atoms with Gasteiger partial charge < -0.3 is 10.2 Å². The number of piperazine rings is 1. The number of hydrogen-bond acceptors (Lipinski definition) is 3. The zero-order valence-corrected chi connectivity index (χ0v) is 12.3. The van der Waals surface area contributed by atoms with E-state index in [1.54, 1.807) is 0 Å². The van der Waals surface area contributed by atoms with E-state index in [4.69, 9.17) is 0 Å². The van der Waals surface area contributed by atoms with Gasteiger partial charge in [-0.15, -0.1) is 6.58 Å². The van der Waals surface area contributed by atoms with Crippen molar-refractivity contribution in [1.82, 2.24) is 15.1 Å². The normalized spacial score (nSPS) is 28.1. The first kappa shape index (κ1) is 14.5. The van der Waals surface area contributed by atoms with Gasteiger partial charge in [-0.3, -0.25) is 9.69 Å². The zero-order valence-electron chi connectivity index (χ0n) is 12.3. The second-order valence-electron chi connectivity index (χ2n) is 6.39. The van der Waals surface area contributed by atoms with Crippen molar-refractivity contribution >= 4 is 5.91 Å². The lowest BCUT2D eigenvalue weighted by atomic mass is 9.77. The quantitative estimate of drug-likeness (QED) is 0.776. The van der Waals surface area contributed by atoms with Crippen molar-refractivity contribution in [3.8, 4) is 0 Å². The minimum atomic E-state index is -0.00722. The fourth-order valence-electron chi connectivity index (χ4n) is 3.15. The number of rotatable bonds is 3. The van der Waals surface area contributed by atoms with Crippen LogP contribution in [0.25, 0.3) is 0 Å². The summed E-state index contributed by atoms with van der Waals surface area (Å²) in [7, 11) is 0. The van der Waals surface area contributed by atoms with Crippen molar-refractivity contribution in [2.75, 3.05) is 39.3 Å². The van der Waals surface area contributed by atoms with Crippen LogP contribution in [0.2, 0.25) is 0 Å². The first-order valence-corrected chi connectivity index (χ1v) is 7.40. The average Bonchev–Trinajstić information content (AvgIpc) is 2.39. The topological polar surface area (TPSA) is 35.6 Å². The monoisotopic (exact) mass is 265 g/mol. The lowest BCUT2D eigenvalue weighted by Gasteiger charge is -2.43. The van der Waals surface area contributed by atoms with Gasteiger partial charge in [-0.2, -0.15) is 0 Å². The predicted octanol–water partition coefficient (Wildman–Crippen LogP) is 1.09. The Morgan fingerprint density at radius 1 is 1.37 bits per heavy atom. The molecule has 2 fully saturated rings. The molecular weight excluding hydrogens is 238 g/mol. The largest absolute Gasteiger partial charge is 0.339 e. The number of carbonyl (C=O) groups excluding carboxylic acids is 1. The minimum absolute atomic E-state index is 0.00722. The maximum Gasteiger partial charge on any atom is 0.240 e. The van der Waals surface area contributed by atoms with Crippen LogP contribution in [0.1, 0.15) is 26.7 Å². The van der Waals surface area contributed by atoms with E-state index >= 15 is 0 Å². The van der Waals surface area contributed by atoms with E-state index in [0.29, 0.717) is 5.91 Å². The van der Waals surface area contributed by atoms with Crippen LogP contribution in [0.3, 0.4) is 0 Å². The highest BCUT2D eigenvalue weighted by Gasteiger charge is 2.39. The third kappa shape index (κ3) is 3.37. The van der Waals surface area contributed by atoms with Crippen LogP contribution in [0.4, 0.5) is 0 Å². The summed E-state index contributed by atoms with van der Waals surface area (Å²) in [4.78, 5) is 17.0. The summed E-state index contributed by atoms with van der Waals surface area (Å²) in [5.41, 5.74) is 0.0770. The van der Waals surface area contributed by atoms with Crippen LogP contribution in [0, 0.1) is 5.41 Å². The standard InChI is InChI=1S/C15H27N3O/c1-4-8-17-9-11-18(12-10-17)14(19)13-15(2,3)6-5-7-16-13/h4,13,16H,1,5-12H2,2-3H3. The van der Waals surface area contributed by atoms with Crippen LogP contribution in [-0.2, 0) is 4.79 Å². The molecule has 19 heavy (non-hydrogen) atoms. The zero-order chi connectivity index (χ0) is 13.9. The second kappa shape index (κ2) is 6.06. The molecule has 0 aromatic heterocycles. The molecule has 108 valence electrons. The van der Waals surface area contributed by atoms with Crippen LogP contribution in [0.15, 0.2) is 12.7 Å². The summed E-state index contributed by atoms with van der Waals surface area (Å²) in [6.07, 6.45) is 4.24. The van der Waals surface area contributed by atoms with Crippen LogP contribution in [0.5, 0.6) is 0 Å². The molecule has 0 radical (unpaired) electrons. The van der Waals surface area contributed by atoms with E-state index in [9.17, 15) is 4.79 Å². The summed E-state index contributed by atoms with van der Waals surface area (Å²) in [6.45, 7) is 13.7. The van der Waals surface area contributed by atoms with Gasteiger partial charge in [0.2, 0.25) is 5.91 Å². The number of amides is 1. The predicted molar refractivity (Wildman–Crippen MR) is 78.0 cm³/mol. The highest BCUT2D eigenvalue weighted by molar-refractivity contribution is 5.83. The molecule has 2 heterocycles. The molecule has 4 nitrogen and oxygen atoms in total. The fraction of sp³-hybridized carbons (Fsp3) is 0.800. The molecule has 1 amide bonds. The summed E-state index contributed by atoms with van der Waals surface area (Å²) in [5.74, 6) is 0.294. The Labute approximate surface area is 116 Å². The summed E-state index contributed by atoms with van der Waals surface area (Å²) < 4.78 is 0. The number of hydrogen-bond donors (Lipinski definition) is 1. The Morgan fingerprint density at radius 2 is 2.05 bits per heavy atom. The molecule has 0 aliphatic carbocycles. The van der Waals surface area contributed by atoms with Gasteiger partial charge in [0, 0.05) is 32.7 Å². The van der Waals surface area contributed by atoms with Gasteiger partial charge in [-0.05, 0) is 24.8 Å². The highest BCUT2D eigenvalue weighted by Crippen LogP contribution is 2.31. The van der Waals surface area contributed by atoms with Crippen molar-refractivity contribution in [3.05, 3.63) is 12.7 Å². The molecule has 1 unspecified atom stereocenters. The van der Waals surface area contributed by atoms with E-state index in [2.05, 4.69) is 30.6 Å². The molecule has 0 aromatic rings. The highest BCUT2D eigenvalue weighted by atomic mass is 16.2. The van der Waals surface area contributed by atoms with Gasteiger partial charge in [0.1, 0.15) is 0 Å². The Bertz CT molecular complexity index is 332. The van der Waals surface area contributed by atoms with Gasteiger partial charge in [0.15, 0.2) is 0 Å². The van der Waals surface area contributed by atoms with Gasteiger partial charge >= 0.3 is 0 Å². The van der Waals surface area contributed by atoms with Crippen LogP contribution >= 0.6 is 0 Å². The van der Waals surface area contributed by atoms with Gasteiger partial charge in [-0.1, -0.05) is 19.9 Å². The van der Waals surface area contributed by atoms with Gasteiger partial charge in [0.25, 0.3) is 0 Å². The molecule has 2 saturated heterocycles. The molecular formula is C15H27N3O. The molecule has 2 aliphatic rings. The van der Waals surface area contributed by atoms with Crippen molar-refractivity contribution in [2.24, 2.45) is 5.41 Å². The van der Waals surface area contributed by atoms with Crippen molar-refractivity contribution in [1.29, 1.82) is 0 Å². The molecule has 2 aliphatic heterocycles. The van der Waals surface area contributed by atoms with Gasteiger partial charge in [0.05, 0.1) is 6.04 Å². The van der Waals surface area contributed by atoms with Crippen LogP contribution < -0.4 is 5.32 Å². The first-order valence-electron chi connectivity index (χ1n) is 7.40. The molecule has 4 heteroatoms. The third-order valence-electron chi connectivity index (χ3n) is 4.45. The Kier molecular flexibility index (Phi) is 4.63. The number of carbonyl (C=O) groups is 1. The minimum Gasteiger partial charge on any atom is -0.339 e. The summed E-state index contributed by atoms with van der Waals surface area (Å²) >= 11 is 0. The SMILES string of the molecule is C=CCN1CCN(C(=O)C2NCCCC2(C)C)CC1. The van der Waals surface area contributed by atoms with Gasteiger partial charge in [-0.25, -0.2) is 0 Å². The van der Waals surface area contributed by atoms with E-state index in [-0.39, 0.29) is 11.5 Å². The lowest BCUT2D eigenvalue weighted by molar-refractivity contribution is -0.139. The number of nitrogens with zero attached hydrogens (tertiary/aromatic N) is 2. The fourth-order valence-corrected chi connectivity index (χ4v) is 3.15. The van der Waals surface area contributed by atoms with Crippen molar-refractivity contribution < 1.29 is 4.79 Å². The summed E-state index contributed by atoms with van der Waals surface area (Å²) in [5, 5.41) is 3.42. The third-order valence-corrected chi connectivity index (χ3v) is 4.45. The molecule has 2 rings (SSSR count). The number of piperidine rings is 1. The molecule has 1 N–H and O–H groups in total. The first-order chi connectivity index (χ1) is 9.04. The van der Waals surface area contributed by atoms with Crippen LogP contribution in [-0.4, -0.2) is 61.0 Å². The van der Waals surface area contributed by atoms with E-state index in [0.717, 1.165) is 45.7 Å². The molecule has 0 saturated carbocycles. The van der Waals surface area contributed by atoms with Crippen molar-refractivity contribution in [3.63, 3.8) is 0 Å². The average molecular weight is 265 g/mol. The lowest BCUT2D eigenvalue weighted by Crippen LogP contribution is -2.59. The molecule has 0 aromatic carbocycles. The smallest absolute Gasteiger partial charge is 0.240 e. The number of nitrogens with one attached hydrogen (secondary N) is 1. The van der Waals surface area contributed by atoms with E-state index in [1.165, 1.54) is 6.42 Å². The molecule has 0 spiro atoms. The molecule has 1 atom stereocenters. The summed E-state index contributed by atoms with van der Waals surface area (Å²) in [6, 6.07) is -0.00722. The Balaban J connectivity index is 1.91. The van der Waals surface area contributed by atoms with Crippen molar-refractivity contribution in [2.45, 2.75) is 32.7 Å².